The topological polar surface area (TPSA) is 49.4 Å². The van der Waals surface area contributed by atoms with Gasteiger partial charge in [0.15, 0.2) is 0 Å². The molecule has 0 unspecified atom stereocenters. The van der Waals surface area contributed by atoms with Crippen molar-refractivity contribution in [2.75, 3.05) is 13.1 Å². The van der Waals surface area contributed by atoms with Gasteiger partial charge in [0.1, 0.15) is 5.41 Å². The van der Waals surface area contributed by atoms with Crippen LogP contribution in [-0.2, 0) is 16.1 Å². The maximum atomic E-state index is 12.6. The lowest BCUT2D eigenvalue weighted by Crippen LogP contribution is -2.46. The number of nitrogens with one attached hydrogen (secondary N) is 1. The molecule has 4 nitrogen and oxygen atoms in total. The average molecular weight is 286 g/mol. The monoisotopic (exact) mass is 286 g/mol. The quantitative estimate of drug-likeness (QED) is 0.862. The van der Waals surface area contributed by atoms with Crippen LogP contribution in [0.25, 0.3) is 0 Å². The lowest BCUT2D eigenvalue weighted by atomic mass is 10.0. The molecule has 2 amide bonds. The van der Waals surface area contributed by atoms with Gasteiger partial charge in [-0.3, -0.25) is 9.59 Å². The van der Waals surface area contributed by atoms with Crippen molar-refractivity contribution in [2.24, 2.45) is 5.41 Å². The van der Waals surface area contributed by atoms with Crippen molar-refractivity contribution in [1.82, 2.24) is 10.2 Å². The standard InChI is InChI=1S/C17H22N2O2/c20-15(18-13-14-7-3-1-4-8-14)17(9-10-17)16(21)19-11-5-2-6-12-19/h1,3-4,7-8H,2,5-6,9-13H2,(H,18,20). The second-order valence-electron chi connectivity index (χ2n) is 6.10. The molecule has 1 aromatic carbocycles. The van der Waals surface area contributed by atoms with E-state index in [0.717, 1.165) is 31.5 Å². The molecule has 1 saturated carbocycles. The number of nitrogens with zero attached hydrogens (tertiary/aromatic N) is 1. The molecule has 3 rings (SSSR count). The molecule has 1 aliphatic heterocycles. The van der Waals surface area contributed by atoms with E-state index in [0.29, 0.717) is 19.4 Å². The summed E-state index contributed by atoms with van der Waals surface area (Å²) in [6.07, 6.45) is 4.71. The second kappa shape index (κ2) is 5.88. The van der Waals surface area contributed by atoms with Gasteiger partial charge in [0, 0.05) is 19.6 Å². The smallest absolute Gasteiger partial charge is 0.238 e. The summed E-state index contributed by atoms with van der Waals surface area (Å²) < 4.78 is 0. The van der Waals surface area contributed by atoms with Crippen LogP contribution in [0.4, 0.5) is 0 Å². The fraction of sp³-hybridized carbons (Fsp3) is 0.529. The number of hydrogen-bond acceptors (Lipinski definition) is 2. The summed E-state index contributed by atoms with van der Waals surface area (Å²) in [5.41, 5.74) is 0.304. The van der Waals surface area contributed by atoms with Gasteiger partial charge in [0.2, 0.25) is 11.8 Å². The molecule has 4 heteroatoms. The highest BCUT2D eigenvalue weighted by molar-refractivity contribution is 6.07. The number of piperidine rings is 1. The predicted molar refractivity (Wildman–Crippen MR) is 80.4 cm³/mol. The number of amides is 2. The van der Waals surface area contributed by atoms with Gasteiger partial charge >= 0.3 is 0 Å². The zero-order chi connectivity index (χ0) is 14.7. The average Bonchev–Trinajstić information content (AvgIpc) is 3.35. The third-order valence-electron chi connectivity index (χ3n) is 4.53. The van der Waals surface area contributed by atoms with E-state index in [9.17, 15) is 9.59 Å². The van der Waals surface area contributed by atoms with E-state index in [1.165, 1.54) is 6.42 Å². The molecule has 0 radical (unpaired) electrons. The van der Waals surface area contributed by atoms with Crippen LogP contribution in [0.2, 0.25) is 0 Å². The Morgan fingerprint density at radius 3 is 2.33 bits per heavy atom. The van der Waals surface area contributed by atoms with Gasteiger partial charge in [-0.1, -0.05) is 30.3 Å². The van der Waals surface area contributed by atoms with E-state index in [-0.39, 0.29) is 11.8 Å². The zero-order valence-corrected chi connectivity index (χ0v) is 12.3. The molecular weight excluding hydrogens is 264 g/mol. The van der Waals surface area contributed by atoms with E-state index in [4.69, 9.17) is 0 Å². The Morgan fingerprint density at radius 1 is 1.05 bits per heavy atom. The van der Waals surface area contributed by atoms with Gasteiger partial charge in [-0.25, -0.2) is 0 Å². The molecule has 1 heterocycles. The molecule has 1 aromatic rings. The summed E-state index contributed by atoms with van der Waals surface area (Å²) in [5, 5.41) is 2.94. The molecule has 2 fully saturated rings. The minimum absolute atomic E-state index is 0.0489. The summed E-state index contributed by atoms with van der Waals surface area (Å²) >= 11 is 0. The van der Waals surface area contributed by atoms with Crippen LogP contribution in [0.3, 0.4) is 0 Å². The minimum Gasteiger partial charge on any atom is -0.351 e. The number of carbonyl (C=O) groups excluding carboxylic acids is 2. The molecule has 0 atom stereocenters. The number of benzene rings is 1. The van der Waals surface area contributed by atoms with Gasteiger partial charge in [0.25, 0.3) is 0 Å². The Morgan fingerprint density at radius 2 is 1.71 bits per heavy atom. The molecular formula is C17H22N2O2. The molecule has 1 saturated heterocycles. The molecule has 0 bridgehead atoms. The van der Waals surface area contributed by atoms with Crippen LogP contribution < -0.4 is 5.32 Å². The highest BCUT2D eigenvalue weighted by Crippen LogP contribution is 2.47. The lowest BCUT2D eigenvalue weighted by Gasteiger charge is -2.30. The Bertz CT molecular complexity index is 517. The summed E-state index contributed by atoms with van der Waals surface area (Å²) in [4.78, 5) is 26.9. The third kappa shape index (κ3) is 2.94. The van der Waals surface area contributed by atoms with Crippen molar-refractivity contribution in [1.29, 1.82) is 0 Å². The van der Waals surface area contributed by atoms with E-state index in [1.807, 2.05) is 35.2 Å². The Balaban J connectivity index is 1.59. The van der Waals surface area contributed by atoms with E-state index < -0.39 is 5.41 Å². The first-order valence-corrected chi connectivity index (χ1v) is 7.84. The van der Waals surface area contributed by atoms with Gasteiger partial charge in [-0.15, -0.1) is 0 Å². The maximum Gasteiger partial charge on any atom is 0.238 e. The lowest BCUT2D eigenvalue weighted by molar-refractivity contribution is -0.145. The number of hydrogen-bond donors (Lipinski definition) is 1. The van der Waals surface area contributed by atoms with Crippen LogP contribution in [0, 0.1) is 5.41 Å². The van der Waals surface area contributed by atoms with Crippen molar-refractivity contribution in [3.63, 3.8) is 0 Å². The summed E-state index contributed by atoms with van der Waals surface area (Å²) in [6.45, 7) is 2.12. The maximum absolute atomic E-state index is 12.6. The van der Waals surface area contributed by atoms with Crippen LogP contribution in [-0.4, -0.2) is 29.8 Å². The predicted octanol–water partition coefficient (Wildman–Crippen LogP) is 2.10. The molecule has 1 aliphatic carbocycles. The van der Waals surface area contributed by atoms with Gasteiger partial charge in [-0.2, -0.15) is 0 Å². The van der Waals surface area contributed by atoms with Crippen molar-refractivity contribution < 1.29 is 9.59 Å². The third-order valence-corrected chi connectivity index (χ3v) is 4.53. The Labute approximate surface area is 125 Å². The molecule has 1 N–H and O–H groups in total. The SMILES string of the molecule is O=C(NCc1ccccc1)C1(C(=O)N2CCCCC2)CC1. The fourth-order valence-electron chi connectivity index (χ4n) is 3.01. The fourth-order valence-corrected chi connectivity index (χ4v) is 3.01. The van der Waals surface area contributed by atoms with Gasteiger partial charge < -0.3 is 10.2 Å². The Kier molecular flexibility index (Phi) is 3.95. The first kappa shape index (κ1) is 14.1. The molecule has 0 spiro atoms. The Hall–Kier alpha value is -1.84. The van der Waals surface area contributed by atoms with Crippen LogP contribution in [0.1, 0.15) is 37.7 Å². The van der Waals surface area contributed by atoms with Crippen LogP contribution >= 0.6 is 0 Å². The van der Waals surface area contributed by atoms with Crippen molar-refractivity contribution >= 4 is 11.8 Å². The summed E-state index contributed by atoms with van der Waals surface area (Å²) in [7, 11) is 0. The van der Waals surface area contributed by atoms with E-state index in [1.54, 1.807) is 0 Å². The van der Waals surface area contributed by atoms with Crippen molar-refractivity contribution in [2.45, 2.75) is 38.6 Å². The summed E-state index contributed by atoms with van der Waals surface area (Å²) in [6, 6.07) is 9.81. The number of likely N-dealkylation sites (tertiary alicyclic amines) is 1. The van der Waals surface area contributed by atoms with Crippen LogP contribution in [0.5, 0.6) is 0 Å². The number of carbonyl (C=O) groups is 2. The summed E-state index contributed by atoms with van der Waals surface area (Å²) in [5.74, 6) is -0.0466. The van der Waals surface area contributed by atoms with Crippen molar-refractivity contribution in [3.05, 3.63) is 35.9 Å². The van der Waals surface area contributed by atoms with Crippen molar-refractivity contribution in [3.8, 4) is 0 Å². The minimum atomic E-state index is -0.758. The highest BCUT2D eigenvalue weighted by atomic mass is 16.2. The molecule has 21 heavy (non-hydrogen) atoms. The zero-order valence-electron chi connectivity index (χ0n) is 12.3. The van der Waals surface area contributed by atoms with Gasteiger partial charge in [-0.05, 0) is 37.7 Å². The van der Waals surface area contributed by atoms with E-state index in [2.05, 4.69) is 5.32 Å². The largest absolute Gasteiger partial charge is 0.351 e. The van der Waals surface area contributed by atoms with Crippen LogP contribution in [0.15, 0.2) is 30.3 Å². The normalized spacial score (nSPS) is 19.9. The van der Waals surface area contributed by atoms with E-state index >= 15 is 0 Å². The number of rotatable bonds is 4. The highest BCUT2D eigenvalue weighted by Gasteiger charge is 2.57. The first-order valence-electron chi connectivity index (χ1n) is 7.84. The molecule has 112 valence electrons. The van der Waals surface area contributed by atoms with Gasteiger partial charge in [0.05, 0.1) is 0 Å². The first-order chi connectivity index (χ1) is 10.2. The second-order valence-corrected chi connectivity index (χ2v) is 6.10. The molecule has 0 aromatic heterocycles. The molecule has 2 aliphatic rings.